The van der Waals surface area contributed by atoms with Gasteiger partial charge in [0.1, 0.15) is 11.6 Å². The van der Waals surface area contributed by atoms with Crippen molar-refractivity contribution in [2.45, 2.75) is 44.2 Å². The lowest BCUT2D eigenvalue weighted by molar-refractivity contribution is -0.121. The number of fused-ring (bicyclic) bond motifs is 2. The first-order valence-electron chi connectivity index (χ1n) is 6.40. The van der Waals surface area contributed by atoms with Crippen molar-refractivity contribution in [3.8, 4) is 0 Å². The molecule has 3 rings (SSSR count). The Balaban J connectivity index is 1.95. The molecule has 0 aromatic heterocycles. The van der Waals surface area contributed by atoms with Gasteiger partial charge in [0.05, 0.1) is 4.47 Å². The second-order valence-electron chi connectivity index (χ2n) is 5.19. The SMILES string of the molecule is O=C1CC2CCCC(C1)N2c1ccc(F)c(Br)c1. The summed E-state index contributed by atoms with van der Waals surface area (Å²) >= 11 is 3.24. The Hall–Kier alpha value is -0.900. The topological polar surface area (TPSA) is 20.3 Å². The molecule has 0 saturated carbocycles. The zero-order chi connectivity index (χ0) is 12.7. The standard InChI is InChI=1S/C14H15BrFNO/c15-13-8-11(4-5-14(13)16)17-9-2-1-3-10(17)7-12(18)6-9/h4-5,8-10H,1-3,6-7H2. The van der Waals surface area contributed by atoms with Crippen LogP contribution in [0.4, 0.5) is 10.1 Å². The van der Waals surface area contributed by atoms with E-state index in [1.165, 1.54) is 12.5 Å². The van der Waals surface area contributed by atoms with Crippen LogP contribution in [0, 0.1) is 5.82 Å². The van der Waals surface area contributed by atoms with Gasteiger partial charge in [-0.25, -0.2) is 4.39 Å². The number of anilines is 1. The molecule has 2 aliphatic rings. The van der Waals surface area contributed by atoms with E-state index in [0.717, 1.165) is 18.5 Å². The highest BCUT2D eigenvalue weighted by molar-refractivity contribution is 9.10. The van der Waals surface area contributed by atoms with Gasteiger partial charge < -0.3 is 4.90 Å². The van der Waals surface area contributed by atoms with Crippen LogP contribution in [-0.2, 0) is 4.79 Å². The van der Waals surface area contributed by atoms with E-state index < -0.39 is 0 Å². The predicted octanol–water partition coefficient (Wildman–Crippen LogP) is 3.68. The Kier molecular flexibility index (Phi) is 3.14. The van der Waals surface area contributed by atoms with Gasteiger partial charge in [0.15, 0.2) is 0 Å². The van der Waals surface area contributed by atoms with Crippen molar-refractivity contribution in [2.75, 3.05) is 4.90 Å². The van der Waals surface area contributed by atoms with Crippen LogP contribution in [0.2, 0.25) is 0 Å². The number of carbonyl (C=O) groups excluding carboxylic acids is 1. The molecule has 18 heavy (non-hydrogen) atoms. The number of benzene rings is 1. The average molecular weight is 312 g/mol. The number of hydrogen-bond acceptors (Lipinski definition) is 2. The van der Waals surface area contributed by atoms with Gasteiger partial charge in [-0.1, -0.05) is 0 Å². The number of rotatable bonds is 1. The third kappa shape index (κ3) is 2.07. The van der Waals surface area contributed by atoms with Crippen LogP contribution in [0.5, 0.6) is 0 Å². The van der Waals surface area contributed by atoms with Gasteiger partial charge >= 0.3 is 0 Å². The Morgan fingerprint density at radius 3 is 2.50 bits per heavy atom. The second kappa shape index (κ2) is 4.65. The molecule has 1 aromatic carbocycles. The van der Waals surface area contributed by atoms with Crippen molar-refractivity contribution < 1.29 is 9.18 Å². The third-order valence-electron chi connectivity index (χ3n) is 3.99. The molecule has 2 fully saturated rings. The van der Waals surface area contributed by atoms with Crippen LogP contribution in [0.3, 0.4) is 0 Å². The summed E-state index contributed by atoms with van der Waals surface area (Å²) in [5.74, 6) is 0.138. The Morgan fingerprint density at radius 1 is 1.22 bits per heavy atom. The van der Waals surface area contributed by atoms with Gasteiger partial charge in [0.2, 0.25) is 0 Å². The summed E-state index contributed by atoms with van der Waals surface area (Å²) in [6, 6.07) is 5.76. The average Bonchev–Trinajstić information content (AvgIpc) is 2.32. The van der Waals surface area contributed by atoms with Gasteiger partial charge in [0.25, 0.3) is 0 Å². The second-order valence-corrected chi connectivity index (χ2v) is 6.05. The number of ketones is 1. The van der Waals surface area contributed by atoms with Crippen LogP contribution in [-0.4, -0.2) is 17.9 Å². The van der Waals surface area contributed by atoms with Crippen LogP contribution in [0.15, 0.2) is 22.7 Å². The molecule has 0 radical (unpaired) electrons. The van der Waals surface area contributed by atoms with Crippen LogP contribution in [0.1, 0.15) is 32.1 Å². The highest BCUT2D eigenvalue weighted by Gasteiger charge is 2.37. The molecule has 0 N–H and O–H groups in total. The lowest BCUT2D eigenvalue weighted by atomic mass is 9.83. The molecule has 2 aliphatic heterocycles. The van der Waals surface area contributed by atoms with Gasteiger partial charge in [-0.15, -0.1) is 0 Å². The quantitative estimate of drug-likeness (QED) is 0.788. The molecule has 2 nitrogen and oxygen atoms in total. The van der Waals surface area contributed by atoms with Crippen molar-refractivity contribution >= 4 is 27.4 Å². The summed E-state index contributed by atoms with van der Waals surface area (Å²) in [6.45, 7) is 0. The molecule has 4 heteroatoms. The summed E-state index contributed by atoms with van der Waals surface area (Å²) in [4.78, 5) is 14.0. The maximum atomic E-state index is 13.3. The van der Waals surface area contributed by atoms with E-state index in [1.54, 1.807) is 0 Å². The Bertz CT molecular complexity index is 475. The molecule has 0 spiro atoms. The van der Waals surface area contributed by atoms with E-state index in [1.807, 2.05) is 12.1 Å². The van der Waals surface area contributed by atoms with Crippen molar-refractivity contribution in [1.82, 2.24) is 0 Å². The Morgan fingerprint density at radius 2 is 1.89 bits per heavy atom. The van der Waals surface area contributed by atoms with E-state index in [2.05, 4.69) is 20.8 Å². The van der Waals surface area contributed by atoms with Gasteiger partial charge in [-0.2, -0.15) is 0 Å². The molecule has 96 valence electrons. The van der Waals surface area contributed by atoms with Crippen molar-refractivity contribution in [2.24, 2.45) is 0 Å². The number of carbonyl (C=O) groups is 1. The van der Waals surface area contributed by atoms with Crippen molar-refractivity contribution in [3.05, 3.63) is 28.5 Å². The third-order valence-corrected chi connectivity index (χ3v) is 4.60. The van der Waals surface area contributed by atoms with Crippen molar-refractivity contribution in [1.29, 1.82) is 0 Å². The molecule has 2 saturated heterocycles. The molecule has 2 heterocycles. The minimum Gasteiger partial charge on any atom is -0.365 e. The van der Waals surface area contributed by atoms with E-state index in [4.69, 9.17) is 0 Å². The first kappa shape index (κ1) is 12.2. The van der Waals surface area contributed by atoms with Gasteiger partial charge in [-0.3, -0.25) is 4.79 Å². The predicted molar refractivity (Wildman–Crippen MR) is 72.2 cm³/mol. The number of halogens is 2. The molecule has 0 aliphatic carbocycles. The van der Waals surface area contributed by atoms with Gasteiger partial charge in [0, 0.05) is 30.6 Å². The van der Waals surface area contributed by atoms with E-state index in [9.17, 15) is 9.18 Å². The maximum absolute atomic E-state index is 13.3. The lowest BCUT2D eigenvalue weighted by Crippen LogP contribution is -2.52. The van der Waals surface area contributed by atoms with E-state index in [-0.39, 0.29) is 5.82 Å². The van der Waals surface area contributed by atoms with E-state index in [0.29, 0.717) is 35.2 Å². The number of piperidine rings is 2. The zero-order valence-corrected chi connectivity index (χ0v) is 11.6. The molecule has 2 unspecified atom stereocenters. The molecule has 2 bridgehead atoms. The van der Waals surface area contributed by atoms with Gasteiger partial charge in [-0.05, 0) is 53.4 Å². The van der Waals surface area contributed by atoms with Crippen LogP contribution < -0.4 is 4.90 Å². The minimum absolute atomic E-state index is 0.239. The van der Waals surface area contributed by atoms with Crippen molar-refractivity contribution in [3.63, 3.8) is 0 Å². The van der Waals surface area contributed by atoms with Crippen LogP contribution >= 0.6 is 15.9 Å². The number of Topliss-reactive ketones (excluding diaryl/α,β-unsaturated/α-hetero) is 1. The highest BCUT2D eigenvalue weighted by atomic mass is 79.9. The van der Waals surface area contributed by atoms with Crippen LogP contribution in [0.25, 0.3) is 0 Å². The van der Waals surface area contributed by atoms with E-state index >= 15 is 0 Å². The summed E-state index contributed by atoms with van der Waals surface area (Å²) in [6.07, 6.45) is 4.62. The summed E-state index contributed by atoms with van der Waals surface area (Å²) < 4.78 is 13.8. The first-order chi connectivity index (χ1) is 8.65. The smallest absolute Gasteiger partial charge is 0.137 e. The molecular weight excluding hydrogens is 297 g/mol. The molecule has 1 aromatic rings. The molecule has 0 amide bonds. The minimum atomic E-state index is -0.239. The highest BCUT2D eigenvalue weighted by Crippen LogP contribution is 2.37. The maximum Gasteiger partial charge on any atom is 0.137 e. The fraction of sp³-hybridized carbons (Fsp3) is 0.500. The molecular formula is C14H15BrFNO. The summed E-state index contributed by atoms with van der Waals surface area (Å²) in [5, 5.41) is 0. The molecule has 2 atom stereocenters. The number of hydrogen-bond donors (Lipinski definition) is 0. The summed E-state index contributed by atoms with van der Waals surface area (Å²) in [7, 11) is 0. The fourth-order valence-corrected chi connectivity index (χ4v) is 3.61. The fourth-order valence-electron chi connectivity index (χ4n) is 3.24. The normalized spacial score (nSPS) is 27.4. The zero-order valence-electron chi connectivity index (χ0n) is 10.0. The summed E-state index contributed by atoms with van der Waals surface area (Å²) in [5.41, 5.74) is 1.03. The largest absolute Gasteiger partial charge is 0.365 e. The number of nitrogens with zero attached hydrogens (tertiary/aromatic N) is 1. The lowest BCUT2D eigenvalue weighted by Gasteiger charge is -2.47. The monoisotopic (exact) mass is 311 g/mol. The first-order valence-corrected chi connectivity index (χ1v) is 7.19. The Labute approximate surface area is 114 Å².